The fourth-order valence-electron chi connectivity index (χ4n) is 2.11. The number of benzene rings is 2. The lowest BCUT2D eigenvalue weighted by atomic mass is 10.1. The van der Waals surface area contributed by atoms with E-state index in [1.807, 2.05) is 19.1 Å². The molecular formula is C18H18ClFN2O2. The lowest BCUT2D eigenvalue weighted by Gasteiger charge is -2.18. The molecule has 126 valence electrons. The van der Waals surface area contributed by atoms with Crippen molar-refractivity contribution in [1.82, 2.24) is 10.2 Å². The van der Waals surface area contributed by atoms with E-state index in [4.69, 9.17) is 11.6 Å². The molecule has 0 bridgehead atoms. The van der Waals surface area contributed by atoms with Crippen LogP contribution in [-0.4, -0.2) is 30.3 Å². The molecular weight excluding hydrogens is 331 g/mol. The van der Waals surface area contributed by atoms with E-state index in [-0.39, 0.29) is 35.5 Å². The van der Waals surface area contributed by atoms with Gasteiger partial charge in [0, 0.05) is 29.7 Å². The summed E-state index contributed by atoms with van der Waals surface area (Å²) in [4.78, 5) is 25.4. The minimum absolute atomic E-state index is 0.0325. The zero-order chi connectivity index (χ0) is 17.7. The highest BCUT2D eigenvalue weighted by molar-refractivity contribution is 6.31. The first kappa shape index (κ1) is 17.9. The third-order valence-corrected chi connectivity index (χ3v) is 3.95. The second-order valence-electron chi connectivity index (χ2n) is 5.50. The third kappa shape index (κ3) is 4.55. The average molecular weight is 349 g/mol. The summed E-state index contributed by atoms with van der Waals surface area (Å²) in [5.74, 6) is -1.14. The molecule has 0 heterocycles. The summed E-state index contributed by atoms with van der Waals surface area (Å²) >= 11 is 5.95. The Bertz CT molecular complexity index is 727. The van der Waals surface area contributed by atoms with Crippen molar-refractivity contribution in [1.29, 1.82) is 0 Å². The molecule has 0 atom stereocenters. The van der Waals surface area contributed by atoms with Gasteiger partial charge in [0.25, 0.3) is 5.91 Å². The third-order valence-electron chi connectivity index (χ3n) is 3.60. The number of rotatable bonds is 5. The van der Waals surface area contributed by atoms with E-state index in [1.54, 1.807) is 18.2 Å². The smallest absolute Gasteiger partial charge is 0.251 e. The molecule has 2 rings (SSSR count). The maximum atomic E-state index is 13.8. The molecule has 0 radical (unpaired) electrons. The van der Waals surface area contributed by atoms with Gasteiger partial charge in [-0.15, -0.1) is 0 Å². The summed E-state index contributed by atoms with van der Waals surface area (Å²) in [7, 11) is 1.53. The Hall–Kier alpha value is -2.40. The van der Waals surface area contributed by atoms with Crippen LogP contribution in [0.5, 0.6) is 0 Å². The predicted molar refractivity (Wildman–Crippen MR) is 91.4 cm³/mol. The van der Waals surface area contributed by atoms with Crippen molar-refractivity contribution in [2.45, 2.75) is 13.5 Å². The lowest BCUT2D eigenvalue weighted by molar-refractivity contribution is -0.129. The number of carbonyl (C=O) groups excluding carboxylic acids is 2. The van der Waals surface area contributed by atoms with Crippen molar-refractivity contribution < 1.29 is 14.0 Å². The van der Waals surface area contributed by atoms with Crippen molar-refractivity contribution in [3.05, 3.63) is 70.0 Å². The highest BCUT2D eigenvalue weighted by Gasteiger charge is 2.15. The quantitative estimate of drug-likeness (QED) is 0.902. The number of nitrogens with zero attached hydrogens (tertiary/aromatic N) is 1. The average Bonchev–Trinajstić information content (AvgIpc) is 2.56. The van der Waals surface area contributed by atoms with E-state index in [1.165, 1.54) is 24.1 Å². The molecule has 4 nitrogen and oxygen atoms in total. The lowest BCUT2D eigenvalue weighted by Crippen LogP contribution is -2.38. The number of carbonyl (C=O) groups is 2. The summed E-state index contributed by atoms with van der Waals surface area (Å²) in [6.45, 7) is 1.79. The molecule has 6 heteroatoms. The van der Waals surface area contributed by atoms with Crippen LogP contribution in [0.3, 0.4) is 0 Å². The summed E-state index contributed by atoms with van der Waals surface area (Å²) in [6.07, 6.45) is 0. The van der Waals surface area contributed by atoms with Gasteiger partial charge in [-0.1, -0.05) is 35.4 Å². The number of nitrogens with one attached hydrogen (secondary N) is 1. The van der Waals surface area contributed by atoms with Crippen LogP contribution in [0.1, 0.15) is 21.5 Å². The Balaban J connectivity index is 1.92. The van der Waals surface area contributed by atoms with Gasteiger partial charge in [-0.05, 0) is 31.2 Å². The van der Waals surface area contributed by atoms with Gasteiger partial charge in [-0.3, -0.25) is 9.59 Å². The first-order valence-electron chi connectivity index (χ1n) is 7.40. The van der Waals surface area contributed by atoms with Gasteiger partial charge in [0.2, 0.25) is 5.91 Å². The minimum atomic E-state index is -0.467. The van der Waals surface area contributed by atoms with E-state index in [9.17, 15) is 14.0 Å². The minimum Gasteiger partial charge on any atom is -0.343 e. The normalized spacial score (nSPS) is 10.3. The van der Waals surface area contributed by atoms with Crippen LogP contribution in [0.2, 0.25) is 5.02 Å². The molecule has 24 heavy (non-hydrogen) atoms. The monoisotopic (exact) mass is 348 g/mol. The number of likely N-dealkylation sites (N-methyl/N-ethyl adjacent to an activating group) is 1. The first-order valence-corrected chi connectivity index (χ1v) is 7.78. The summed E-state index contributed by atoms with van der Waals surface area (Å²) in [5.41, 5.74) is 1.78. The zero-order valence-corrected chi connectivity index (χ0v) is 14.2. The fraction of sp³-hybridized carbons (Fsp3) is 0.222. The van der Waals surface area contributed by atoms with Crippen molar-refractivity contribution in [3.8, 4) is 0 Å². The van der Waals surface area contributed by atoms with Crippen molar-refractivity contribution in [2.75, 3.05) is 13.6 Å². The zero-order valence-electron chi connectivity index (χ0n) is 13.5. The highest BCUT2D eigenvalue weighted by Crippen LogP contribution is 2.20. The van der Waals surface area contributed by atoms with Crippen LogP contribution < -0.4 is 5.32 Å². The molecule has 1 N–H and O–H groups in total. The summed E-state index contributed by atoms with van der Waals surface area (Å²) in [6, 6.07) is 11.4. The summed E-state index contributed by atoms with van der Waals surface area (Å²) < 4.78 is 13.8. The van der Waals surface area contributed by atoms with Crippen LogP contribution in [0.25, 0.3) is 0 Å². The molecule has 2 aromatic carbocycles. The van der Waals surface area contributed by atoms with Gasteiger partial charge in [0.05, 0.1) is 6.54 Å². The van der Waals surface area contributed by atoms with Crippen molar-refractivity contribution in [2.24, 2.45) is 0 Å². The summed E-state index contributed by atoms with van der Waals surface area (Å²) in [5, 5.41) is 2.82. The van der Waals surface area contributed by atoms with Crippen molar-refractivity contribution >= 4 is 23.4 Å². The van der Waals surface area contributed by atoms with E-state index < -0.39 is 5.82 Å². The van der Waals surface area contributed by atoms with Gasteiger partial charge in [-0.2, -0.15) is 0 Å². The second kappa shape index (κ2) is 7.93. The number of hydrogen-bond acceptors (Lipinski definition) is 2. The molecule has 0 aliphatic rings. The van der Waals surface area contributed by atoms with Crippen LogP contribution >= 0.6 is 11.6 Å². The van der Waals surface area contributed by atoms with Gasteiger partial charge >= 0.3 is 0 Å². The van der Waals surface area contributed by atoms with Crippen LogP contribution in [-0.2, 0) is 11.3 Å². The van der Waals surface area contributed by atoms with Gasteiger partial charge < -0.3 is 10.2 Å². The molecule has 0 aliphatic carbocycles. The van der Waals surface area contributed by atoms with Gasteiger partial charge in [0.1, 0.15) is 5.82 Å². The first-order chi connectivity index (χ1) is 11.4. The Labute approximate surface area is 145 Å². The predicted octanol–water partition coefficient (Wildman–Crippen LogP) is 3.18. The molecule has 2 amide bonds. The molecule has 0 saturated heterocycles. The second-order valence-corrected chi connectivity index (χ2v) is 5.91. The Morgan fingerprint density at radius 2 is 1.83 bits per heavy atom. The molecule has 0 saturated carbocycles. The topological polar surface area (TPSA) is 49.4 Å². The van der Waals surface area contributed by atoms with Gasteiger partial charge in [-0.25, -0.2) is 4.39 Å². The van der Waals surface area contributed by atoms with Crippen LogP contribution in [0.15, 0.2) is 42.5 Å². The van der Waals surface area contributed by atoms with E-state index in [0.29, 0.717) is 5.56 Å². The highest BCUT2D eigenvalue weighted by atomic mass is 35.5. The molecule has 0 aromatic heterocycles. The number of halogens is 2. The fourth-order valence-corrected chi connectivity index (χ4v) is 2.33. The number of hydrogen-bond donors (Lipinski definition) is 1. The van der Waals surface area contributed by atoms with Crippen molar-refractivity contribution in [3.63, 3.8) is 0 Å². The molecule has 0 spiro atoms. The molecule has 2 aromatic rings. The van der Waals surface area contributed by atoms with Gasteiger partial charge in [0.15, 0.2) is 0 Å². The molecule has 0 unspecified atom stereocenters. The Kier molecular flexibility index (Phi) is 5.93. The number of aryl methyl sites for hydroxylation is 1. The van der Waals surface area contributed by atoms with E-state index in [2.05, 4.69) is 5.32 Å². The standard InChI is InChI=1S/C18H18ClFN2O2/c1-12-6-8-13(9-7-12)18(24)21-10-17(23)22(2)11-14-15(19)4-3-5-16(14)20/h3-9H,10-11H2,1-2H3,(H,21,24). The number of amides is 2. The Morgan fingerprint density at radius 3 is 2.46 bits per heavy atom. The maximum Gasteiger partial charge on any atom is 0.251 e. The van der Waals surface area contributed by atoms with Crippen LogP contribution in [0, 0.1) is 12.7 Å². The molecule has 0 aliphatic heterocycles. The van der Waals surface area contributed by atoms with E-state index >= 15 is 0 Å². The SMILES string of the molecule is Cc1ccc(C(=O)NCC(=O)N(C)Cc2c(F)cccc2Cl)cc1. The largest absolute Gasteiger partial charge is 0.343 e. The molecule has 0 fully saturated rings. The van der Waals surface area contributed by atoms with Crippen LogP contribution in [0.4, 0.5) is 4.39 Å². The van der Waals surface area contributed by atoms with E-state index in [0.717, 1.165) is 5.56 Å². The Morgan fingerprint density at radius 1 is 1.17 bits per heavy atom. The maximum absolute atomic E-state index is 13.8.